The number of amides is 1. The number of carbonyl (C=O) groups excluding carboxylic acids is 1. The molecule has 7 heteroatoms. The molecule has 0 unspecified atom stereocenters. The van der Waals surface area contributed by atoms with Crippen LogP contribution in [0, 0.1) is 17.0 Å². The molecule has 0 saturated carbocycles. The molecule has 0 bridgehead atoms. The molecule has 1 aliphatic rings. The average molecular weight is 264 g/mol. The van der Waals surface area contributed by atoms with Crippen LogP contribution in [0.1, 0.15) is 22.3 Å². The van der Waals surface area contributed by atoms with Crippen LogP contribution in [0.25, 0.3) is 0 Å². The van der Waals surface area contributed by atoms with Gasteiger partial charge in [0.25, 0.3) is 11.6 Å². The zero-order chi connectivity index (χ0) is 14.2. The molecule has 7 nitrogen and oxygen atoms in total. The van der Waals surface area contributed by atoms with Gasteiger partial charge >= 0.3 is 0 Å². The van der Waals surface area contributed by atoms with Crippen molar-refractivity contribution in [1.82, 2.24) is 4.90 Å². The molecule has 0 aromatic heterocycles. The van der Waals surface area contributed by atoms with Gasteiger partial charge in [0.1, 0.15) is 5.69 Å². The topological polar surface area (TPSA) is 115 Å². The van der Waals surface area contributed by atoms with E-state index in [9.17, 15) is 14.9 Å². The molecule has 102 valence electrons. The molecule has 0 radical (unpaired) electrons. The number of anilines is 1. The van der Waals surface area contributed by atoms with Crippen LogP contribution >= 0.6 is 0 Å². The van der Waals surface area contributed by atoms with E-state index in [4.69, 9.17) is 11.5 Å². The van der Waals surface area contributed by atoms with E-state index in [0.717, 1.165) is 6.42 Å². The number of nitrogen functional groups attached to an aromatic ring is 1. The Hall–Kier alpha value is -2.15. The number of nitro groups is 1. The van der Waals surface area contributed by atoms with Gasteiger partial charge in [0.15, 0.2) is 0 Å². The first-order valence-corrected chi connectivity index (χ1v) is 5.99. The molecule has 1 atom stereocenters. The molecular weight excluding hydrogens is 248 g/mol. The van der Waals surface area contributed by atoms with Crippen molar-refractivity contribution in [2.45, 2.75) is 19.4 Å². The van der Waals surface area contributed by atoms with Crippen molar-refractivity contribution >= 4 is 17.3 Å². The third-order valence-corrected chi connectivity index (χ3v) is 3.24. The third kappa shape index (κ3) is 2.50. The number of likely N-dealkylation sites (tertiary alicyclic amines) is 1. The van der Waals surface area contributed by atoms with Gasteiger partial charge in [0.2, 0.25) is 0 Å². The summed E-state index contributed by atoms with van der Waals surface area (Å²) in [4.78, 5) is 24.2. The van der Waals surface area contributed by atoms with Crippen LogP contribution in [0.5, 0.6) is 0 Å². The highest BCUT2D eigenvalue weighted by molar-refractivity contribution is 6.01. The summed E-state index contributed by atoms with van der Waals surface area (Å²) < 4.78 is 0. The van der Waals surface area contributed by atoms with Gasteiger partial charge in [0, 0.05) is 25.2 Å². The number of aryl methyl sites for hydroxylation is 1. The van der Waals surface area contributed by atoms with Crippen LogP contribution < -0.4 is 11.5 Å². The van der Waals surface area contributed by atoms with Gasteiger partial charge < -0.3 is 16.4 Å². The Kier molecular flexibility index (Phi) is 3.39. The quantitative estimate of drug-likeness (QED) is 0.462. The molecule has 0 aliphatic carbocycles. The zero-order valence-corrected chi connectivity index (χ0v) is 10.6. The number of nitro benzene ring substituents is 1. The molecule has 1 aromatic carbocycles. The lowest BCUT2D eigenvalue weighted by molar-refractivity contribution is -0.384. The predicted molar refractivity (Wildman–Crippen MR) is 70.7 cm³/mol. The van der Waals surface area contributed by atoms with E-state index in [1.54, 1.807) is 17.9 Å². The fourth-order valence-corrected chi connectivity index (χ4v) is 2.25. The minimum absolute atomic E-state index is 0.0371. The molecule has 1 heterocycles. The summed E-state index contributed by atoms with van der Waals surface area (Å²) in [6.07, 6.45) is 0.736. The van der Waals surface area contributed by atoms with Crippen LogP contribution in [0.3, 0.4) is 0 Å². The summed E-state index contributed by atoms with van der Waals surface area (Å²) in [5, 5.41) is 10.9. The minimum Gasteiger partial charge on any atom is -0.393 e. The van der Waals surface area contributed by atoms with E-state index in [1.165, 1.54) is 6.07 Å². The second-order valence-electron chi connectivity index (χ2n) is 4.80. The highest BCUT2D eigenvalue weighted by Crippen LogP contribution is 2.28. The van der Waals surface area contributed by atoms with Crippen molar-refractivity contribution in [2.24, 2.45) is 5.73 Å². The van der Waals surface area contributed by atoms with Gasteiger partial charge in [-0.15, -0.1) is 0 Å². The minimum atomic E-state index is -0.575. The fourth-order valence-electron chi connectivity index (χ4n) is 2.25. The van der Waals surface area contributed by atoms with E-state index >= 15 is 0 Å². The molecule has 1 aromatic rings. The Morgan fingerprint density at radius 2 is 2.21 bits per heavy atom. The number of rotatable bonds is 2. The van der Waals surface area contributed by atoms with Gasteiger partial charge in [-0.2, -0.15) is 0 Å². The van der Waals surface area contributed by atoms with Crippen molar-refractivity contribution in [3.63, 3.8) is 0 Å². The number of nitrogens with two attached hydrogens (primary N) is 2. The Morgan fingerprint density at radius 1 is 1.53 bits per heavy atom. The van der Waals surface area contributed by atoms with Crippen LogP contribution in [-0.4, -0.2) is 34.9 Å². The van der Waals surface area contributed by atoms with Crippen molar-refractivity contribution in [1.29, 1.82) is 0 Å². The number of benzene rings is 1. The van der Waals surface area contributed by atoms with Crippen molar-refractivity contribution < 1.29 is 9.72 Å². The first-order valence-electron chi connectivity index (χ1n) is 5.99. The fraction of sp³-hybridized carbons (Fsp3) is 0.417. The zero-order valence-electron chi connectivity index (χ0n) is 10.6. The van der Waals surface area contributed by atoms with Crippen LogP contribution in [0.2, 0.25) is 0 Å². The Bertz CT molecular complexity index is 544. The molecule has 1 aliphatic heterocycles. The van der Waals surface area contributed by atoms with E-state index in [2.05, 4.69) is 0 Å². The second kappa shape index (κ2) is 4.85. The molecule has 2 rings (SSSR count). The Balaban J connectivity index is 2.39. The maximum absolute atomic E-state index is 12.3. The van der Waals surface area contributed by atoms with Crippen LogP contribution in [0.15, 0.2) is 12.1 Å². The normalized spacial score (nSPS) is 18.6. The lowest BCUT2D eigenvalue weighted by atomic mass is 10.1. The molecule has 1 amide bonds. The maximum Gasteiger partial charge on any atom is 0.293 e. The first kappa shape index (κ1) is 13.3. The average Bonchev–Trinajstić information content (AvgIpc) is 2.77. The third-order valence-electron chi connectivity index (χ3n) is 3.24. The lowest BCUT2D eigenvalue weighted by Gasteiger charge is -2.17. The van der Waals surface area contributed by atoms with Gasteiger partial charge in [-0.3, -0.25) is 14.9 Å². The van der Waals surface area contributed by atoms with Crippen LogP contribution in [-0.2, 0) is 0 Å². The van der Waals surface area contributed by atoms with E-state index in [-0.39, 0.29) is 28.9 Å². The summed E-state index contributed by atoms with van der Waals surface area (Å²) in [5.74, 6) is -0.294. The summed E-state index contributed by atoms with van der Waals surface area (Å²) in [6.45, 7) is 2.71. The predicted octanol–water partition coefficient (Wildman–Crippen LogP) is 0.659. The van der Waals surface area contributed by atoms with E-state index in [1.807, 2.05) is 0 Å². The summed E-state index contributed by atoms with van der Waals surface area (Å²) >= 11 is 0. The SMILES string of the molecule is Cc1cc(C(=O)N2CC[C@@H](N)C2)c(N)c([N+](=O)[O-])c1. The van der Waals surface area contributed by atoms with Gasteiger partial charge in [-0.1, -0.05) is 0 Å². The monoisotopic (exact) mass is 264 g/mol. The highest BCUT2D eigenvalue weighted by Gasteiger charge is 2.28. The highest BCUT2D eigenvalue weighted by atomic mass is 16.6. The van der Waals surface area contributed by atoms with Gasteiger partial charge in [0.05, 0.1) is 10.5 Å². The molecule has 4 N–H and O–H groups in total. The summed E-state index contributed by atoms with van der Waals surface area (Å²) in [7, 11) is 0. The van der Waals surface area contributed by atoms with Gasteiger partial charge in [-0.05, 0) is 25.0 Å². The molecule has 19 heavy (non-hydrogen) atoms. The van der Waals surface area contributed by atoms with Gasteiger partial charge in [-0.25, -0.2) is 0 Å². The Morgan fingerprint density at radius 3 is 2.74 bits per heavy atom. The molecule has 0 spiro atoms. The second-order valence-corrected chi connectivity index (χ2v) is 4.80. The summed E-state index contributed by atoms with van der Waals surface area (Å²) in [5.41, 5.74) is 12.0. The Labute approximate surface area is 110 Å². The first-order chi connectivity index (χ1) is 8.90. The number of hydrogen-bond acceptors (Lipinski definition) is 5. The van der Waals surface area contributed by atoms with Crippen molar-refractivity contribution in [3.05, 3.63) is 33.4 Å². The van der Waals surface area contributed by atoms with Crippen molar-refractivity contribution in [2.75, 3.05) is 18.8 Å². The van der Waals surface area contributed by atoms with Crippen molar-refractivity contribution in [3.8, 4) is 0 Å². The number of hydrogen-bond donors (Lipinski definition) is 2. The largest absolute Gasteiger partial charge is 0.393 e. The standard InChI is InChI=1S/C12H16N4O3/c1-7-4-9(11(14)10(5-7)16(18)19)12(17)15-3-2-8(13)6-15/h4-5,8H,2-3,6,13-14H2,1H3/t8-/m1/s1. The summed E-state index contributed by atoms with van der Waals surface area (Å²) in [6, 6.07) is 2.90. The smallest absolute Gasteiger partial charge is 0.293 e. The molecule has 1 saturated heterocycles. The number of nitrogens with zero attached hydrogens (tertiary/aromatic N) is 2. The number of carbonyl (C=O) groups is 1. The maximum atomic E-state index is 12.3. The van der Waals surface area contributed by atoms with E-state index in [0.29, 0.717) is 18.7 Å². The van der Waals surface area contributed by atoms with E-state index < -0.39 is 4.92 Å². The molecular formula is C12H16N4O3. The molecule has 1 fully saturated rings. The van der Waals surface area contributed by atoms with Crippen LogP contribution in [0.4, 0.5) is 11.4 Å². The lowest BCUT2D eigenvalue weighted by Crippen LogP contribution is -2.32.